The molecule has 0 bridgehead atoms. The first-order chi connectivity index (χ1) is 6.83. The molecule has 0 radical (unpaired) electrons. The Labute approximate surface area is 90.5 Å². The van der Waals surface area contributed by atoms with Gasteiger partial charge in [0.2, 0.25) is 0 Å². The molecule has 0 spiro atoms. The molecule has 0 aromatic rings. The topological polar surface area (TPSA) is 43.7 Å². The average Bonchev–Trinajstić information content (AvgIpc) is 2.20. The van der Waals surface area contributed by atoms with Crippen molar-refractivity contribution in [3.8, 4) is 0 Å². The van der Waals surface area contributed by atoms with Crippen molar-refractivity contribution in [3.05, 3.63) is 0 Å². The summed E-state index contributed by atoms with van der Waals surface area (Å²) in [6, 6.07) is 0. The van der Waals surface area contributed by atoms with Gasteiger partial charge in [0.1, 0.15) is 0 Å². The van der Waals surface area contributed by atoms with Crippen molar-refractivity contribution in [3.63, 3.8) is 0 Å². The Morgan fingerprint density at radius 1 is 1.21 bits per heavy atom. The van der Waals surface area contributed by atoms with Gasteiger partial charge in [0.15, 0.2) is 0 Å². The quantitative estimate of drug-likeness (QED) is 0.641. The van der Waals surface area contributed by atoms with Crippen molar-refractivity contribution in [1.82, 2.24) is 4.90 Å². The summed E-state index contributed by atoms with van der Waals surface area (Å²) in [5.41, 5.74) is 0. The van der Waals surface area contributed by atoms with Crippen LogP contribution in [0.4, 0.5) is 0 Å². The van der Waals surface area contributed by atoms with E-state index in [4.69, 9.17) is 5.11 Å². The van der Waals surface area contributed by atoms with Gasteiger partial charge in [-0.05, 0) is 25.9 Å². The van der Waals surface area contributed by atoms with E-state index in [1.54, 1.807) is 11.8 Å². The fraction of sp³-hybridized carbons (Fsp3) is 1.00. The molecule has 0 aromatic carbocycles. The lowest BCUT2D eigenvalue weighted by Gasteiger charge is -2.28. The lowest BCUT2D eigenvalue weighted by atomic mass is 10.1. The van der Waals surface area contributed by atoms with Crippen LogP contribution in [0.25, 0.3) is 0 Å². The molecule has 2 N–H and O–H groups in total. The molecule has 3 nitrogen and oxygen atoms in total. The molecule has 1 unspecified atom stereocenters. The van der Waals surface area contributed by atoms with Crippen LogP contribution in [0.2, 0.25) is 0 Å². The summed E-state index contributed by atoms with van der Waals surface area (Å²) in [6.45, 7) is 3.29. The first-order valence-corrected chi connectivity index (χ1v) is 6.57. The molecule has 0 aliphatic carbocycles. The molecule has 1 saturated heterocycles. The van der Waals surface area contributed by atoms with E-state index in [9.17, 15) is 5.11 Å². The second-order valence-electron chi connectivity index (χ2n) is 3.81. The average molecular weight is 219 g/mol. The lowest BCUT2D eigenvalue weighted by Crippen LogP contribution is -2.37. The molecule has 1 heterocycles. The van der Waals surface area contributed by atoms with E-state index in [1.165, 1.54) is 19.3 Å². The molecule has 4 heteroatoms. The van der Waals surface area contributed by atoms with Gasteiger partial charge in [0.25, 0.3) is 0 Å². The summed E-state index contributed by atoms with van der Waals surface area (Å²) < 4.78 is 0. The molecule has 1 aliphatic rings. The highest BCUT2D eigenvalue weighted by Crippen LogP contribution is 2.10. The summed E-state index contributed by atoms with van der Waals surface area (Å²) in [6.07, 6.45) is 3.66. The van der Waals surface area contributed by atoms with Gasteiger partial charge in [-0.3, -0.25) is 0 Å². The number of β-amino-alcohol motifs (C(OH)–C–C–N with tert-alkyl or cyclic N) is 1. The normalized spacial score (nSPS) is 21.0. The molecule has 0 aromatic heterocycles. The molecule has 1 atom stereocenters. The summed E-state index contributed by atoms with van der Waals surface area (Å²) in [4.78, 5) is 2.34. The van der Waals surface area contributed by atoms with Gasteiger partial charge in [-0.2, -0.15) is 11.8 Å². The van der Waals surface area contributed by atoms with Crippen molar-refractivity contribution in [2.45, 2.75) is 25.4 Å². The Bertz CT molecular complexity index is 140. The number of hydrogen-bond donors (Lipinski definition) is 2. The van der Waals surface area contributed by atoms with Crippen molar-refractivity contribution in [2.75, 3.05) is 37.7 Å². The molecular weight excluding hydrogens is 198 g/mol. The molecule has 84 valence electrons. The summed E-state index contributed by atoms with van der Waals surface area (Å²) in [5, 5.41) is 18.3. The number of thioether (sulfide) groups is 1. The molecule has 1 aliphatic heterocycles. The Balaban J connectivity index is 2.03. The zero-order chi connectivity index (χ0) is 10.2. The Morgan fingerprint density at radius 3 is 2.57 bits per heavy atom. The fourth-order valence-corrected chi connectivity index (χ4v) is 2.45. The second kappa shape index (κ2) is 7.51. The molecule has 14 heavy (non-hydrogen) atoms. The summed E-state index contributed by atoms with van der Waals surface area (Å²) in [5.74, 6) is 1.48. The number of likely N-dealkylation sites (tertiary alicyclic amines) is 1. The number of hydrogen-bond acceptors (Lipinski definition) is 4. The maximum atomic E-state index is 9.68. The van der Waals surface area contributed by atoms with Crippen molar-refractivity contribution in [1.29, 1.82) is 0 Å². The van der Waals surface area contributed by atoms with Gasteiger partial charge in [-0.15, -0.1) is 0 Å². The monoisotopic (exact) mass is 219 g/mol. The van der Waals surface area contributed by atoms with E-state index in [1.807, 2.05) is 0 Å². The first-order valence-electron chi connectivity index (χ1n) is 5.42. The van der Waals surface area contributed by atoms with E-state index in [0.29, 0.717) is 0 Å². The predicted molar refractivity (Wildman–Crippen MR) is 60.7 cm³/mol. The van der Waals surface area contributed by atoms with E-state index >= 15 is 0 Å². The minimum Gasteiger partial charge on any atom is -0.396 e. The third kappa shape index (κ3) is 5.20. The highest BCUT2D eigenvalue weighted by molar-refractivity contribution is 7.99. The predicted octanol–water partition coefficient (Wildman–Crippen LogP) is 0.559. The second-order valence-corrected chi connectivity index (χ2v) is 4.96. The maximum Gasteiger partial charge on any atom is 0.0757 e. The van der Waals surface area contributed by atoms with Crippen LogP contribution in [0, 0.1) is 0 Å². The van der Waals surface area contributed by atoms with Crippen LogP contribution >= 0.6 is 11.8 Å². The van der Waals surface area contributed by atoms with Crippen molar-refractivity contribution < 1.29 is 10.2 Å². The minimum absolute atomic E-state index is 0.209. The number of aliphatic hydroxyl groups excluding tert-OH is 2. The van der Waals surface area contributed by atoms with Crippen LogP contribution in [0.3, 0.4) is 0 Å². The van der Waals surface area contributed by atoms with Crippen LogP contribution in [0.1, 0.15) is 19.3 Å². The van der Waals surface area contributed by atoms with Crippen LogP contribution < -0.4 is 0 Å². The first kappa shape index (κ1) is 12.3. The van der Waals surface area contributed by atoms with Gasteiger partial charge in [-0.1, -0.05) is 6.42 Å². The minimum atomic E-state index is -0.232. The third-order valence-corrected chi connectivity index (χ3v) is 3.56. The van der Waals surface area contributed by atoms with Crippen LogP contribution in [-0.4, -0.2) is 59.0 Å². The lowest BCUT2D eigenvalue weighted by molar-refractivity contribution is 0.117. The highest BCUT2D eigenvalue weighted by atomic mass is 32.2. The third-order valence-electron chi connectivity index (χ3n) is 2.46. The molecule has 1 rings (SSSR count). The smallest absolute Gasteiger partial charge is 0.0757 e. The molecule has 0 amide bonds. The molecule has 1 fully saturated rings. The Kier molecular flexibility index (Phi) is 6.60. The van der Waals surface area contributed by atoms with Crippen molar-refractivity contribution in [2.24, 2.45) is 0 Å². The van der Waals surface area contributed by atoms with E-state index in [-0.39, 0.29) is 12.7 Å². The van der Waals surface area contributed by atoms with Crippen LogP contribution in [0.5, 0.6) is 0 Å². The zero-order valence-corrected chi connectivity index (χ0v) is 9.51. The standard InChI is InChI=1S/C10H21NO2S/c12-6-7-14-9-10(13)8-11-4-2-1-3-5-11/h10,12-13H,1-9H2. The van der Waals surface area contributed by atoms with Gasteiger partial charge < -0.3 is 15.1 Å². The summed E-state index contributed by atoms with van der Waals surface area (Å²) >= 11 is 1.62. The number of piperidine rings is 1. The van der Waals surface area contributed by atoms with E-state index < -0.39 is 0 Å². The Hall–Kier alpha value is 0.230. The van der Waals surface area contributed by atoms with Gasteiger partial charge in [-0.25, -0.2) is 0 Å². The number of nitrogens with zero attached hydrogens (tertiary/aromatic N) is 1. The largest absolute Gasteiger partial charge is 0.396 e. The SMILES string of the molecule is OCCSCC(O)CN1CCCCC1. The molecular formula is C10H21NO2S. The summed E-state index contributed by atoms with van der Waals surface area (Å²) in [7, 11) is 0. The zero-order valence-electron chi connectivity index (χ0n) is 8.69. The fourth-order valence-electron chi connectivity index (χ4n) is 1.78. The van der Waals surface area contributed by atoms with Crippen molar-refractivity contribution >= 4 is 11.8 Å². The van der Waals surface area contributed by atoms with Gasteiger partial charge >= 0.3 is 0 Å². The van der Waals surface area contributed by atoms with Crippen LogP contribution in [-0.2, 0) is 0 Å². The van der Waals surface area contributed by atoms with Gasteiger partial charge in [0, 0.05) is 18.1 Å². The van der Waals surface area contributed by atoms with E-state index in [2.05, 4.69) is 4.90 Å². The Morgan fingerprint density at radius 2 is 1.93 bits per heavy atom. The van der Waals surface area contributed by atoms with Crippen LogP contribution in [0.15, 0.2) is 0 Å². The van der Waals surface area contributed by atoms with Gasteiger partial charge in [0.05, 0.1) is 12.7 Å². The molecule has 0 saturated carbocycles. The number of aliphatic hydroxyl groups is 2. The van der Waals surface area contributed by atoms with E-state index in [0.717, 1.165) is 31.1 Å². The maximum absolute atomic E-state index is 9.68. The highest BCUT2D eigenvalue weighted by Gasteiger charge is 2.14. The number of rotatable bonds is 6.